The number of esters is 1. The first-order valence-electron chi connectivity index (χ1n) is 12.4. The molecule has 4 amide bonds. The predicted octanol–water partition coefficient (Wildman–Crippen LogP) is -2.51. The molecule has 216 valence electrons. The molecule has 0 aliphatic rings. The number of nitrogens with zero attached hydrogens (tertiary/aromatic N) is 2. The third kappa shape index (κ3) is 14.4. The average Bonchev–Trinajstić information content (AvgIpc) is 2.83. The Kier molecular flexibility index (Phi) is 13.4. The number of hydrogen-bond acceptors (Lipinski definition) is 7. The first kappa shape index (κ1) is 32.8. The molecule has 14 nitrogen and oxygen atoms in total. The van der Waals surface area contributed by atoms with Crippen molar-refractivity contribution in [2.45, 2.75) is 44.3 Å². The van der Waals surface area contributed by atoms with E-state index in [2.05, 4.69) is 20.9 Å². The number of nitrogens with two attached hydrogens (primary N) is 3. The van der Waals surface area contributed by atoms with E-state index in [0.29, 0.717) is 10.9 Å². The summed E-state index contributed by atoms with van der Waals surface area (Å²) >= 11 is 0. The number of carbonyl (C=O) groups is 5. The lowest BCUT2D eigenvalue weighted by Gasteiger charge is -2.26. The molecule has 0 bridgehead atoms. The minimum Gasteiger partial charge on any atom is -0.454 e. The molecule has 0 fully saturated rings. The second kappa shape index (κ2) is 15.9. The van der Waals surface area contributed by atoms with E-state index in [4.69, 9.17) is 21.9 Å². The number of carbonyl (C=O) groups excluding carboxylic acids is 5. The molecule has 14 heteroatoms. The summed E-state index contributed by atoms with van der Waals surface area (Å²) in [4.78, 5) is 65.9. The number of nitrogens with one attached hydrogen (secondary N) is 3. The Morgan fingerprint density at radius 2 is 1.56 bits per heavy atom. The first-order chi connectivity index (χ1) is 18.2. The number of hydrogen-bond donors (Lipinski definition) is 6. The number of amides is 4. The van der Waals surface area contributed by atoms with Crippen LogP contribution in [-0.4, -0.2) is 99.0 Å². The van der Waals surface area contributed by atoms with Crippen LogP contribution >= 0.6 is 0 Å². The Hall–Kier alpha value is -4.20. The second-order valence-electron chi connectivity index (χ2n) is 10.1. The largest absolute Gasteiger partial charge is 0.454 e. The van der Waals surface area contributed by atoms with Crippen molar-refractivity contribution in [2.24, 2.45) is 22.2 Å². The van der Waals surface area contributed by atoms with E-state index < -0.39 is 48.4 Å². The second-order valence-corrected chi connectivity index (χ2v) is 10.1. The van der Waals surface area contributed by atoms with Gasteiger partial charge in [0, 0.05) is 13.0 Å². The van der Waals surface area contributed by atoms with Gasteiger partial charge in [-0.1, -0.05) is 30.3 Å². The molecule has 39 heavy (non-hydrogen) atoms. The van der Waals surface area contributed by atoms with Crippen LogP contribution in [0.15, 0.2) is 35.3 Å². The number of likely N-dealkylation sites (N-methyl/N-ethyl adjacent to an activating group) is 1. The van der Waals surface area contributed by atoms with Crippen molar-refractivity contribution in [1.82, 2.24) is 16.0 Å². The topological polar surface area (TPSA) is 221 Å². The number of benzene rings is 1. The maximum Gasteiger partial charge on any atom is 0.329 e. The molecule has 1 aromatic rings. The Balaban J connectivity index is 2.92. The third-order valence-electron chi connectivity index (χ3n) is 5.21. The maximum absolute atomic E-state index is 13.0. The highest BCUT2D eigenvalue weighted by molar-refractivity contribution is 5.93. The molecular weight excluding hydrogens is 508 g/mol. The molecule has 0 unspecified atom stereocenters. The standard InChI is InChI=1S/C25H40N8O6/c1-16(22(36)32-19(24(38)39-15-20(26)34)13-17-9-6-5-7-10-17)30-23(37)18(11-8-12-29-25(27)28)31-21(35)14-33(2,3)4/h5-7,9-10,16,18-19H,8,11-15H2,1-4H3,(H8-,26,27,28,29,30,31,32,34,35,36,37)/p+1/t16-,18-,19-/m0/s1. The van der Waals surface area contributed by atoms with E-state index in [9.17, 15) is 24.0 Å². The van der Waals surface area contributed by atoms with Crippen LogP contribution in [0.25, 0.3) is 0 Å². The van der Waals surface area contributed by atoms with Crippen molar-refractivity contribution in [1.29, 1.82) is 0 Å². The zero-order valence-electron chi connectivity index (χ0n) is 22.9. The summed E-state index contributed by atoms with van der Waals surface area (Å²) < 4.78 is 5.25. The first-order valence-corrected chi connectivity index (χ1v) is 12.4. The molecule has 0 saturated carbocycles. The van der Waals surface area contributed by atoms with Gasteiger partial charge in [-0.05, 0) is 25.3 Å². The van der Waals surface area contributed by atoms with Crippen LogP contribution in [0.3, 0.4) is 0 Å². The van der Waals surface area contributed by atoms with Crippen LogP contribution in [0, 0.1) is 0 Å². The maximum atomic E-state index is 13.0. The quantitative estimate of drug-likeness (QED) is 0.0424. The lowest BCUT2D eigenvalue weighted by molar-refractivity contribution is -0.862. The van der Waals surface area contributed by atoms with Gasteiger partial charge in [-0.15, -0.1) is 0 Å². The molecule has 0 radical (unpaired) electrons. The molecule has 0 aliphatic carbocycles. The minimum absolute atomic E-state index is 0.0827. The molecule has 0 spiro atoms. The Labute approximate surface area is 228 Å². The molecule has 3 atom stereocenters. The number of ether oxygens (including phenoxy) is 1. The lowest BCUT2D eigenvalue weighted by Crippen LogP contribution is -2.56. The number of aliphatic imine (C=N–C) groups is 1. The summed E-state index contributed by atoms with van der Waals surface area (Å²) in [6.07, 6.45) is 0.696. The van der Waals surface area contributed by atoms with E-state index in [1.165, 1.54) is 6.92 Å². The summed E-state index contributed by atoms with van der Waals surface area (Å²) in [5, 5.41) is 7.83. The number of rotatable bonds is 16. The van der Waals surface area contributed by atoms with Gasteiger partial charge in [0.15, 0.2) is 19.1 Å². The molecule has 0 aliphatic heterocycles. The summed E-state index contributed by atoms with van der Waals surface area (Å²) in [6.45, 7) is 1.18. The van der Waals surface area contributed by atoms with Crippen molar-refractivity contribution in [3.05, 3.63) is 35.9 Å². The van der Waals surface area contributed by atoms with Gasteiger partial charge in [-0.3, -0.25) is 24.2 Å². The zero-order valence-corrected chi connectivity index (χ0v) is 22.9. The van der Waals surface area contributed by atoms with E-state index >= 15 is 0 Å². The van der Waals surface area contributed by atoms with Crippen molar-refractivity contribution < 1.29 is 33.2 Å². The molecule has 0 aromatic heterocycles. The predicted molar refractivity (Wildman–Crippen MR) is 145 cm³/mol. The van der Waals surface area contributed by atoms with E-state index in [1.54, 1.807) is 30.3 Å². The molecule has 1 rings (SSSR count). The highest BCUT2D eigenvalue weighted by Gasteiger charge is 2.29. The molecule has 1 aromatic carbocycles. The van der Waals surface area contributed by atoms with Gasteiger partial charge in [-0.2, -0.15) is 0 Å². The van der Waals surface area contributed by atoms with E-state index in [1.807, 2.05) is 21.1 Å². The zero-order chi connectivity index (χ0) is 29.6. The highest BCUT2D eigenvalue weighted by atomic mass is 16.5. The van der Waals surface area contributed by atoms with Crippen molar-refractivity contribution in [3.8, 4) is 0 Å². The number of quaternary nitrogens is 1. The molecule has 9 N–H and O–H groups in total. The molecule has 0 saturated heterocycles. The van der Waals surface area contributed by atoms with Gasteiger partial charge in [-0.25, -0.2) is 4.79 Å². The SMILES string of the molecule is C[C@H](NC(=O)[C@H](CCCN=C(N)N)NC(=O)C[N+](C)(C)C)C(=O)N[C@@H](Cc1ccccc1)C(=O)OCC(N)=O. The summed E-state index contributed by atoms with van der Waals surface area (Å²) in [5.41, 5.74) is 16.5. The van der Waals surface area contributed by atoms with Gasteiger partial charge in [0.05, 0.1) is 21.1 Å². The van der Waals surface area contributed by atoms with E-state index in [-0.39, 0.29) is 37.8 Å². The summed E-state index contributed by atoms with van der Waals surface area (Å²) in [6, 6.07) is 5.70. The lowest BCUT2D eigenvalue weighted by atomic mass is 10.1. The minimum atomic E-state index is -1.14. The van der Waals surface area contributed by atoms with Crippen LogP contribution in [-0.2, 0) is 35.1 Å². The fraction of sp³-hybridized carbons (Fsp3) is 0.520. The van der Waals surface area contributed by atoms with Gasteiger partial charge in [0.1, 0.15) is 18.1 Å². The monoisotopic (exact) mass is 549 g/mol. The van der Waals surface area contributed by atoms with Gasteiger partial charge >= 0.3 is 5.97 Å². The summed E-state index contributed by atoms with van der Waals surface area (Å²) in [7, 11) is 5.50. The number of guanidine groups is 1. The van der Waals surface area contributed by atoms with Gasteiger partial charge < -0.3 is 42.4 Å². The van der Waals surface area contributed by atoms with Crippen LogP contribution in [0.4, 0.5) is 0 Å². The number of primary amides is 1. The highest BCUT2D eigenvalue weighted by Crippen LogP contribution is 2.06. The fourth-order valence-corrected chi connectivity index (χ4v) is 3.41. The molecule has 0 heterocycles. The van der Waals surface area contributed by atoms with Crippen molar-refractivity contribution >= 4 is 35.6 Å². The third-order valence-corrected chi connectivity index (χ3v) is 5.21. The van der Waals surface area contributed by atoms with Crippen LogP contribution in [0.2, 0.25) is 0 Å². The smallest absolute Gasteiger partial charge is 0.329 e. The normalized spacial score (nSPS) is 13.2. The molecular formula is C25H41N8O6+. The van der Waals surface area contributed by atoms with Gasteiger partial charge in [0.2, 0.25) is 11.8 Å². The van der Waals surface area contributed by atoms with Crippen LogP contribution < -0.4 is 33.2 Å². The van der Waals surface area contributed by atoms with Gasteiger partial charge in [0.25, 0.3) is 11.8 Å². The van der Waals surface area contributed by atoms with Crippen molar-refractivity contribution in [3.63, 3.8) is 0 Å². The van der Waals surface area contributed by atoms with E-state index in [0.717, 1.165) is 5.56 Å². The van der Waals surface area contributed by atoms with Crippen LogP contribution in [0.5, 0.6) is 0 Å². The summed E-state index contributed by atoms with van der Waals surface area (Å²) in [5.74, 6) is -3.39. The van der Waals surface area contributed by atoms with Crippen molar-refractivity contribution in [2.75, 3.05) is 40.8 Å². The Bertz CT molecular complexity index is 1020. The Morgan fingerprint density at radius 1 is 0.923 bits per heavy atom. The Morgan fingerprint density at radius 3 is 2.13 bits per heavy atom. The van der Waals surface area contributed by atoms with Crippen LogP contribution in [0.1, 0.15) is 25.3 Å². The fourth-order valence-electron chi connectivity index (χ4n) is 3.41. The average molecular weight is 550 g/mol.